The van der Waals surface area contributed by atoms with Crippen molar-refractivity contribution >= 4 is 5.69 Å². The number of hydrogen-bond acceptors (Lipinski definition) is 4. The van der Waals surface area contributed by atoms with Crippen molar-refractivity contribution < 1.29 is 0 Å². The number of aromatic nitrogens is 5. The van der Waals surface area contributed by atoms with E-state index in [0.29, 0.717) is 5.69 Å². The van der Waals surface area contributed by atoms with E-state index in [1.165, 1.54) is 0 Å². The van der Waals surface area contributed by atoms with Gasteiger partial charge < -0.3 is 5.73 Å². The zero-order chi connectivity index (χ0) is 11.9. The molecule has 2 heterocycles. The van der Waals surface area contributed by atoms with Gasteiger partial charge in [0.2, 0.25) is 0 Å². The van der Waals surface area contributed by atoms with Crippen molar-refractivity contribution in [3.8, 4) is 0 Å². The van der Waals surface area contributed by atoms with Crippen molar-refractivity contribution in [3.05, 3.63) is 24.0 Å². The van der Waals surface area contributed by atoms with Crippen LogP contribution in [-0.4, -0.2) is 24.5 Å². The summed E-state index contributed by atoms with van der Waals surface area (Å²) in [6, 6.07) is 0. The molecular formula is C10H16N6. The summed E-state index contributed by atoms with van der Waals surface area (Å²) in [5.74, 6) is 0.720. The molecule has 0 amide bonds. The number of nitrogens with zero attached hydrogens (tertiary/aromatic N) is 5. The van der Waals surface area contributed by atoms with Gasteiger partial charge in [0, 0.05) is 13.2 Å². The fourth-order valence-electron chi connectivity index (χ4n) is 1.48. The number of anilines is 1. The first-order chi connectivity index (χ1) is 7.41. The van der Waals surface area contributed by atoms with Crippen LogP contribution < -0.4 is 5.73 Å². The monoisotopic (exact) mass is 220 g/mol. The molecular weight excluding hydrogens is 204 g/mol. The Morgan fingerprint density at radius 2 is 2.00 bits per heavy atom. The Hall–Kier alpha value is -1.85. The molecule has 0 saturated carbocycles. The van der Waals surface area contributed by atoms with Crippen LogP contribution in [-0.2, 0) is 12.6 Å². The van der Waals surface area contributed by atoms with Gasteiger partial charge in [0.1, 0.15) is 11.9 Å². The van der Waals surface area contributed by atoms with Gasteiger partial charge in [-0.1, -0.05) is 0 Å². The normalized spacial score (nSPS) is 12.0. The molecule has 0 aliphatic heterocycles. The number of hydrogen-bond donors (Lipinski definition) is 1. The van der Waals surface area contributed by atoms with Crippen LogP contribution in [0.5, 0.6) is 0 Å². The highest BCUT2D eigenvalue weighted by Gasteiger charge is 2.28. The minimum atomic E-state index is -0.399. The van der Waals surface area contributed by atoms with Gasteiger partial charge in [-0.2, -0.15) is 10.2 Å². The summed E-state index contributed by atoms with van der Waals surface area (Å²) in [6.45, 7) is 5.90. The summed E-state index contributed by atoms with van der Waals surface area (Å²) in [5.41, 5.74) is 6.90. The number of aryl methyl sites for hydroxylation is 2. The molecule has 86 valence electrons. The Bertz CT molecular complexity index is 488. The Kier molecular flexibility index (Phi) is 2.22. The molecule has 0 saturated heterocycles. The Labute approximate surface area is 94.1 Å². The van der Waals surface area contributed by atoms with E-state index in [0.717, 1.165) is 11.5 Å². The van der Waals surface area contributed by atoms with Gasteiger partial charge in [0.15, 0.2) is 5.82 Å². The van der Waals surface area contributed by atoms with Crippen molar-refractivity contribution in [1.29, 1.82) is 0 Å². The highest BCUT2D eigenvalue weighted by atomic mass is 15.4. The van der Waals surface area contributed by atoms with E-state index < -0.39 is 5.54 Å². The first kappa shape index (κ1) is 10.7. The maximum atomic E-state index is 5.79. The Morgan fingerprint density at radius 1 is 1.31 bits per heavy atom. The molecule has 0 radical (unpaired) electrons. The van der Waals surface area contributed by atoms with Crippen LogP contribution in [0.25, 0.3) is 0 Å². The summed E-state index contributed by atoms with van der Waals surface area (Å²) in [5, 5.41) is 8.67. The van der Waals surface area contributed by atoms with Crippen molar-refractivity contribution in [3.63, 3.8) is 0 Å². The van der Waals surface area contributed by atoms with Crippen molar-refractivity contribution in [2.45, 2.75) is 26.3 Å². The molecule has 2 rings (SSSR count). The van der Waals surface area contributed by atoms with Crippen LogP contribution in [0.3, 0.4) is 0 Å². The fraction of sp³-hybridized carbons (Fsp3) is 0.500. The predicted molar refractivity (Wildman–Crippen MR) is 60.8 cm³/mol. The molecule has 0 fully saturated rings. The summed E-state index contributed by atoms with van der Waals surface area (Å²) < 4.78 is 3.48. The second-order valence-corrected chi connectivity index (χ2v) is 4.42. The molecule has 0 unspecified atom stereocenters. The molecule has 0 aliphatic carbocycles. The van der Waals surface area contributed by atoms with Crippen molar-refractivity contribution in [2.24, 2.45) is 7.05 Å². The maximum absolute atomic E-state index is 5.79. The molecule has 2 N–H and O–H groups in total. The Balaban J connectivity index is 2.45. The zero-order valence-electron chi connectivity index (χ0n) is 9.97. The maximum Gasteiger partial charge on any atom is 0.177 e. The molecule has 0 atom stereocenters. The lowest BCUT2D eigenvalue weighted by Gasteiger charge is -2.21. The van der Waals surface area contributed by atoms with Gasteiger partial charge >= 0.3 is 0 Å². The van der Waals surface area contributed by atoms with Crippen LogP contribution in [0.1, 0.15) is 25.4 Å². The lowest BCUT2D eigenvalue weighted by Crippen LogP contribution is -2.30. The molecule has 0 bridgehead atoms. The van der Waals surface area contributed by atoms with Crippen LogP contribution in [0.15, 0.2) is 12.5 Å². The van der Waals surface area contributed by atoms with Crippen LogP contribution in [0.2, 0.25) is 0 Å². The highest BCUT2D eigenvalue weighted by Crippen LogP contribution is 2.23. The first-order valence-corrected chi connectivity index (χ1v) is 5.09. The molecule has 6 heteroatoms. The zero-order valence-corrected chi connectivity index (χ0v) is 9.97. The number of nitrogen functional groups attached to an aromatic ring is 1. The van der Waals surface area contributed by atoms with E-state index >= 15 is 0 Å². The number of nitrogens with two attached hydrogens (primary N) is 1. The third-order valence-electron chi connectivity index (χ3n) is 2.66. The average Bonchev–Trinajstić information content (AvgIpc) is 2.75. The van der Waals surface area contributed by atoms with Crippen LogP contribution >= 0.6 is 0 Å². The largest absolute Gasteiger partial charge is 0.396 e. The fourth-order valence-corrected chi connectivity index (χ4v) is 1.48. The highest BCUT2D eigenvalue weighted by molar-refractivity contribution is 5.40. The molecule has 0 spiro atoms. The predicted octanol–water partition coefficient (Wildman–Crippen LogP) is 0.686. The SMILES string of the molecule is Cc1nn(C(C)(C)c2ncn(C)n2)cc1N. The summed E-state index contributed by atoms with van der Waals surface area (Å²) in [6.07, 6.45) is 3.49. The van der Waals surface area contributed by atoms with E-state index in [1.807, 2.05) is 34.0 Å². The average molecular weight is 220 g/mol. The van der Waals surface area contributed by atoms with Crippen LogP contribution in [0.4, 0.5) is 5.69 Å². The quantitative estimate of drug-likeness (QED) is 0.807. The van der Waals surface area contributed by atoms with Gasteiger partial charge in [-0.25, -0.2) is 4.98 Å². The van der Waals surface area contributed by atoms with E-state index in [4.69, 9.17) is 5.73 Å². The second-order valence-electron chi connectivity index (χ2n) is 4.42. The topological polar surface area (TPSA) is 74.5 Å². The van der Waals surface area contributed by atoms with Crippen LogP contribution in [0, 0.1) is 6.92 Å². The molecule has 2 aromatic heterocycles. The third-order valence-corrected chi connectivity index (χ3v) is 2.66. The van der Waals surface area contributed by atoms with Gasteiger partial charge in [-0.15, -0.1) is 0 Å². The molecule has 0 aliphatic rings. The number of rotatable bonds is 2. The standard InChI is InChI=1S/C10H16N6/c1-7-8(11)5-16(13-7)10(2,3)9-12-6-15(4)14-9/h5-6H,11H2,1-4H3. The summed E-state index contributed by atoms with van der Waals surface area (Å²) in [4.78, 5) is 4.25. The molecule has 0 aromatic carbocycles. The van der Waals surface area contributed by atoms with Gasteiger partial charge in [-0.3, -0.25) is 9.36 Å². The van der Waals surface area contributed by atoms with Gasteiger partial charge in [-0.05, 0) is 20.8 Å². The van der Waals surface area contributed by atoms with Gasteiger partial charge in [0.05, 0.1) is 11.4 Å². The van der Waals surface area contributed by atoms with E-state index in [-0.39, 0.29) is 0 Å². The van der Waals surface area contributed by atoms with Gasteiger partial charge in [0.25, 0.3) is 0 Å². The smallest absolute Gasteiger partial charge is 0.177 e. The minimum Gasteiger partial charge on any atom is -0.396 e. The summed E-state index contributed by atoms with van der Waals surface area (Å²) >= 11 is 0. The second kappa shape index (κ2) is 3.33. The van der Waals surface area contributed by atoms with E-state index in [2.05, 4.69) is 15.2 Å². The molecule has 2 aromatic rings. The van der Waals surface area contributed by atoms with Crippen molar-refractivity contribution in [2.75, 3.05) is 5.73 Å². The first-order valence-electron chi connectivity index (χ1n) is 5.09. The Morgan fingerprint density at radius 3 is 2.44 bits per heavy atom. The molecule has 6 nitrogen and oxygen atoms in total. The summed E-state index contributed by atoms with van der Waals surface area (Å²) in [7, 11) is 1.84. The minimum absolute atomic E-state index is 0.399. The lowest BCUT2D eigenvalue weighted by atomic mass is 10.1. The molecule has 16 heavy (non-hydrogen) atoms. The third kappa shape index (κ3) is 1.56. The lowest BCUT2D eigenvalue weighted by molar-refractivity contribution is 0.365. The van der Waals surface area contributed by atoms with E-state index in [1.54, 1.807) is 15.7 Å². The van der Waals surface area contributed by atoms with Crippen molar-refractivity contribution in [1.82, 2.24) is 24.5 Å². The van der Waals surface area contributed by atoms with E-state index in [9.17, 15) is 0 Å².